The van der Waals surface area contributed by atoms with Crippen LogP contribution in [0.15, 0.2) is 0 Å². The molecule has 2 N–H and O–H groups in total. The Balaban J connectivity index is 1.85. The summed E-state index contributed by atoms with van der Waals surface area (Å²) in [5.41, 5.74) is -0.836. The summed E-state index contributed by atoms with van der Waals surface area (Å²) in [5, 5.41) is 13.2. The lowest BCUT2D eigenvalue weighted by molar-refractivity contribution is -0.144. The standard InChI is InChI=1S/C15H29N3O2/c1-14(2,20)12-17-8-10-18(11-9-17)13(19)15(3)4-6-16-7-5-15/h16,20H,4-12H2,1-3H3. The summed E-state index contributed by atoms with van der Waals surface area (Å²) < 4.78 is 0. The van der Waals surface area contributed by atoms with Gasteiger partial charge in [-0.2, -0.15) is 0 Å². The van der Waals surface area contributed by atoms with Crippen molar-refractivity contribution >= 4 is 5.91 Å². The molecule has 0 aromatic heterocycles. The second-order valence-electron chi connectivity index (χ2n) is 7.19. The average molecular weight is 283 g/mol. The minimum Gasteiger partial charge on any atom is -0.389 e. The Labute approximate surface area is 122 Å². The number of carbonyl (C=O) groups is 1. The van der Waals surface area contributed by atoms with E-state index in [0.29, 0.717) is 12.5 Å². The average Bonchev–Trinajstić information content (AvgIpc) is 2.38. The van der Waals surface area contributed by atoms with Crippen LogP contribution >= 0.6 is 0 Å². The quantitative estimate of drug-likeness (QED) is 0.782. The molecule has 20 heavy (non-hydrogen) atoms. The monoisotopic (exact) mass is 283 g/mol. The number of piperidine rings is 1. The Morgan fingerprint density at radius 2 is 1.75 bits per heavy atom. The van der Waals surface area contributed by atoms with Crippen molar-refractivity contribution in [2.75, 3.05) is 45.8 Å². The van der Waals surface area contributed by atoms with Crippen LogP contribution in [0.2, 0.25) is 0 Å². The first-order chi connectivity index (χ1) is 9.30. The van der Waals surface area contributed by atoms with Crippen molar-refractivity contribution in [1.82, 2.24) is 15.1 Å². The summed E-state index contributed by atoms with van der Waals surface area (Å²) in [7, 11) is 0. The predicted molar refractivity (Wildman–Crippen MR) is 79.5 cm³/mol. The van der Waals surface area contributed by atoms with Crippen LogP contribution in [0, 0.1) is 5.41 Å². The fraction of sp³-hybridized carbons (Fsp3) is 0.933. The van der Waals surface area contributed by atoms with Gasteiger partial charge >= 0.3 is 0 Å². The molecule has 0 bridgehead atoms. The van der Waals surface area contributed by atoms with Crippen molar-refractivity contribution in [2.24, 2.45) is 5.41 Å². The summed E-state index contributed by atoms with van der Waals surface area (Å²) in [6.45, 7) is 11.7. The molecule has 0 spiro atoms. The Morgan fingerprint density at radius 1 is 1.20 bits per heavy atom. The van der Waals surface area contributed by atoms with Crippen LogP contribution in [0.3, 0.4) is 0 Å². The number of nitrogens with one attached hydrogen (secondary N) is 1. The van der Waals surface area contributed by atoms with E-state index in [2.05, 4.69) is 17.1 Å². The number of nitrogens with zero attached hydrogens (tertiary/aromatic N) is 2. The lowest BCUT2D eigenvalue weighted by Gasteiger charge is -2.42. The summed E-state index contributed by atoms with van der Waals surface area (Å²) in [5.74, 6) is 0.321. The highest BCUT2D eigenvalue weighted by Crippen LogP contribution is 2.30. The van der Waals surface area contributed by atoms with E-state index in [0.717, 1.165) is 52.1 Å². The zero-order valence-corrected chi connectivity index (χ0v) is 13.1. The van der Waals surface area contributed by atoms with Gasteiger partial charge in [0.05, 0.1) is 5.60 Å². The van der Waals surface area contributed by atoms with Crippen molar-refractivity contribution in [1.29, 1.82) is 0 Å². The van der Waals surface area contributed by atoms with Gasteiger partial charge < -0.3 is 15.3 Å². The number of hydrogen-bond acceptors (Lipinski definition) is 4. The molecule has 0 aliphatic carbocycles. The molecule has 2 saturated heterocycles. The third kappa shape index (κ3) is 3.93. The van der Waals surface area contributed by atoms with Gasteiger partial charge in [-0.25, -0.2) is 0 Å². The number of aliphatic hydroxyl groups is 1. The van der Waals surface area contributed by atoms with Crippen LogP contribution in [-0.2, 0) is 4.79 Å². The molecule has 2 rings (SSSR count). The van der Waals surface area contributed by atoms with Gasteiger partial charge in [0.1, 0.15) is 0 Å². The van der Waals surface area contributed by atoms with E-state index < -0.39 is 5.60 Å². The predicted octanol–water partition coefficient (Wildman–Crippen LogP) is 0.291. The summed E-state index contributed by atoms with van der Waals surface area (Å²) in [6, 6.07) is 0. The van der Waals surface area contributed by atoms with Crippen molar-refractivity contribution in [3.8, 4) is 0 Å². The minimum absolute atomic E-state index is 0.177. The summed E-state index contributed by atoms with van der Waals surface area (Å²) in [4.78, 5) is 17.0. The largest absolute Gasteiger partial charge is 0.389 e. The third-order valence-corrected chi connectivity index (χ3v) is 4.49. The van der Waals surface area contributed by atoms with Crippen LogP contribution < -0.4 is 5.32 Å². The van der Waals surface area contributed by atoms with Gasteiger partial charge in [0.2, 0.25) is 5.91 Å². The maximum Gasteiger partial charge on any atom is 0.228 e. The molecule has 2 aliphatic rings. The smallest absolute Gasteiger partial charge is 0.228 e. The van der Waals surface area contributed by atoms with E-state index in [4.69, 9.17) is 0 Å². The Morgan fingerprint density at radius 3 is 2.25 bits per heavy atom. The fourth-order valence-electron chi connectivity index (χ4n) is 3.23. The Hall–Kier alpha value is -0.650. The number of amides is 1. The number of β-amino-alcohol motifs (C(OH)–C–C–N with tert-alkyl or cyclic N) is 1. The summed E-state index contributed by atoms with van der Waals surface area (Å²) >= 11 is 0. The van der Waals surface area contributed by atoms with Crippen LogP contribution in [0.4, 0.5) is 0 Å². The second-order valence-corrected chi connectivity index (χ2v) is 7.19. The van der Waals surface area contributed by atoms with Gasteiger partial charge in [0.25, 0.3) is 0 Å². The highest BCUT2D eigenvalue weighted by molar-refractivity contribution is 5.82. The van der Waals surface area contributed by atoms with Gasteiger partial charge in [0, 0.05) is 38.1 Å². The molecule has 116 valence electrons. The molecule has 0 radical (unpaired) electrons. The molecule has 5 nitrogen and oxygen atoms in total. The molecule has 5 heteroatoms. The van der Waals surface area contributed by atoms with E-state index in [1.54, 1.807) is 0 Å². The lowest BCUT2D eigenvalue weighted by atomic mass is 9.79. The van der Waals surface area contributed by atoms with Crippen LogP contribution in [-0.4, -0.2) is 72.2 Å². The molecule has 0 atom stereocenters. The third-order valence-electron chi connectivity index (χ3n) is 4.49. The van der Waals surface area contributed by atoms with Gasteiger partial charge in [-0.15, -0.1) is 0 Å². The fourth-order valence-corrected chi connectivity index (χ4v) is 3.23. The van der Waals surface area contributed by atoms with Gasteiger partial charge in [-0.3, -0.25) is 9.69 Å². The molecule has 2 fully saturated rings. The van der Waals surface area contributed by atoms with Crippen molar-refractivity contribution in [3.63, 3.8) is 0 Å². The molecule has 0 aromatic carbocycles. The SMILES string of the molecule is CC(C)(O)CN1CCN(C(=O)C2(C)CCNCC2)CC1. The second kappa shape index (κ2) is 6.00. The Kier molecular flexibility index (Phi) is 4.72. The van der Waals surface area contributed by atoms with E-state index in [1.807, 2.05) is 18.7 Å². The Bertz CT molecular complexity index is 338. The van der Waals surface area contributed by atoms with Gasteiger partial charge in [-0.05, 0) is 39.8 Å². The normalized spacial score (nSPS) is 24.7. The van der Waals surface area contributed by atoms with E-state index in [1.165, 1.54) is 0 Å². The van der Waals surface area contributed by atoms with Crippen molar-refractivity contribution in [2.45, 2.75) is 39.2 Å². The van der Waals surface area contributed by atoms with Crippen molar-refractivity contribution < 1.29 is 9.90 Å². The van der Waals surface area contributed by atoms with E-state index in [-0.39, 0.29) is 5.41 Å². The lowest BCUT2D eigenvalue weighted by Crippen LogP contribution is -2.56. The van der Waals surface area contributed by atoms with Crippen molar-refractivity contribution in [3.05, 3.63) is 0 Å². The van der Waals surface area contributed by atoms with Crippen LogP contribution in [0.25, 0.3) is 0 Å². The van der Waals surface area contributed by atoms with E-state index >= 15 is 0 Å². The first kappa shape index (κ1) is 15.7. The molecular weight excluding hydrogens is 254 g/mol. The first-order valence-corrected chi connectivity index (χ1v) is 7.75. The zero-order chi connectivity index (χ0) is 14.8. The zero-order valence-electron chi connectivity index (χ0n) is 13.1. The molecule has 2 aliphatic heterocycles. The first-order valence-electron chi connectivity index (χ1n) is 7.75. The number of carbonyl (C=O) groups excluding carboxylic acids is 1. The maximum absolute atomic E-state index is 12.7. The van der Waals surface area contributed by atoms with Gasteiger partial charge in [0.15, 0.2) is 0 Å². The minimum atomic E-state index is -0.660. The topological polar surface area (TPSA) is 55.8 Å². The maximum atomic E-state index is 12.7. The van der Waals surface area contributed by atoms with Crippen LogP contribution in [0.1, 0.15) is 33.6 Å². The molecule has 1 amide bonds. The van der Waals surface area contributed by atoms with Crippen LogP contribution in [0.5, 0.6) is 0 Å². The highest BCUT2D eigenvalue weighted by atomic mass is 16.3. The molecular formula is C15H29N3O2. The molecule has 2 heterocycles. The van der Waals surface area contributed by atoms with E-state index in [9.17, 15) is 9.90 Å². The number of hydrogen-bond donors (Lipinski definition) is 2. The molecule has 0 unspecified atom stereocenters. The summed E-state index contributed by atoms with van der Waals surface area (Å²) in [6.07, 6.45) is 1.88. The number of piperazine rings is 1. The highest BCUT2D eigenvalue weighted by Gasteiger charge is 2.38. The molecule has 0 saturated carbocycles. The van der Waals surface area contributed by atoms with Gasteiger partial charge in [-0.1, -0.05) is 6.92 Å². The molecule has 0 aromatic rings. The number of rotatable bonds is 3.